The Morgan fingerprint density at radius 1 is 1.00 bits per heavy atom. The molecule has 45 heavy (non-hydrogen) atoms. The first kappa shape index (κ1) is 32.9. The standard InChI is InChI=1S/C34H49FN6O4/c1-22(30(34(2,3)4)37-33(44)45)31(42)36-29(24-9-6-5-7-10-24)32(43)41-20-26-11-8-17-39(26)21-28(41)27-16-18-40(38-27)19-23-12-14-25(35)15-13-23/h12-16,18,22,24,26,28-30,37H,5-11,17,19-21H2,1-4H3,(H,36,42)(H,44,45)/t22-,26+,28-,29-,30?/m0/s1. The van der Waals surface area contributed by atoms with E-state index < -0.39 is 29.5 Å². The first-order valence-corrected chi connectivity index (χ1v) is 16.5. The molecule has 1 saturated carbocycles. The average Bonchev–Trinajstić information content (AvgIpc) is 3.67. The highest BCUT2D eigenvalue weighted by Gasteiger charge is 2.45. The number of amides is 3. The zero-order chi connectivity index (χ0) is 32.3. The Hall–Kier alpha value is -3.47. The minimum atomic E-state index is -1.18. The quantitative estimate of drug-likeness (QED) is 0.369. The number of hydrogen-bond acceptors (Lipinski definition) is 5. The molecule has 0 spiro atoms. The summed E-state index contributed by atoms with van der Waals surface area (Å²) in [5.74, 6) is -1.33. The third-order valence-corrected chi connectivity index (χ3v) is 10.0. The van der Waals surface area contributed by atoms with E-state index in [1.54, 1.807) is 19.1 Å². The number of carbonyl (C=O) groups is 3. The van der Waals surface area contributed by atoms with Crippen LogP contribution in [0.2, 0.25) is 0 Å². The van der Waals surface area contributed by atoms with Gasteiger partial charge in [-0.1, -0.05) is 59.1 Å². The second kappa shape index (κ2) is 13.9. The van der Waals surface area contributed by atoms with Gasteiger partial charge in [0.25, 0.3) is 0 Å². The molecule has 0 radical (unpaired) electrons. The number of nitrogens with zero attached hydrogens (tertiary/aromatic N) is 4. The number of nitrogens with one attached hydrogen (secondary N) is 2. The topological polar surface area (TPSA) is 120 Å². The number of rotatable bonds is 9. The summed E-state index contributed by atoms with van der Waals surface area (Å²) < 4.78 is 15.3. The number of hydrogen-bond donors (Lipinski definition) is 3. The summed E-state index contributed by atoms with van der Waals surface area (Å²) in [7, 11) is 0. The van der Waals surface area contributed by atoms with Crippen molar-refractivity contribution in [3.63, 3.8) is 0 Å². The number of carbonyl (C=O) groups excluding carboxylic acids is 2. The fourth-order valence-electron chi connectivity index (χ4n) is 7.62. The van der Waals surface area contributed by atoms with Gasteiger partial charge < -0.3 is 20.6 Å². The Labute approximate surface area is 265 Å². The highest BCUT2D eigenvalue weighted by atomic mass is 19.1. The monoisotopic (exact) mass is 624 g/mol. The molecule has 3 N–H and O–H groups in total. The first-order chi connectivity index (χ1) is 21.4. The molecule has 5 rings (SSSR count). The van der Waals surface area contributed by atoms with E-state index in [2.05, 4.69) is 15.5 Å². The SMILES string of the molecule is C[C@H](C(=O)N[C@H](C(=O)N1C[C@H]2CCCN2C[C@H]1c1ccn(Cc2ccc(F)cc2)n1)C1CCCCC1)C(NC(=O)O)C(C)(C)C. The molecule has 2 aliphatic heterocycles. The van der Waals surface area contributed by atoms with E-state index >= 15 is 0 Å². The van der Waals surface area contributed by atoms with Crippen LogP contribution in [0.15, 0.2) is 36.5 Å². The smallest absolute Gasteiger partial charge is 0.404 e. The molecule has 10 nitrogen and oxygen atoms in total. The summed E-state index contributed by atoms with van der Waals surface area (Å²) in [6.07, 6.45) is 7.71. The van der Waals surface area contributed by atoms with E-state index in [-0.39, 0.29) is 35.6 Å². The van der Waals surface area contributed by atoms with E-state index in [0.717, 1.165) is 62.7 Å². The molecule has 3 heterocycles. The molecule has 11 heteroatoms. The number of piperazine rings is 1. The number of halogens is 1. The average molecular weight is 625 g/mol. The van der Waals surface area contributed by atoms with Gasteiger partial charge in [-0.05, 0) is 67.3 Å². The Morgan fingerprint density at radius 3 is 2.38 bits per heavy atom. The molecule has 1 aliphatic carbocycles. The highest BCUT2D eigenvalue weighted by molar-refractivity contribution is 5.89. The highest BCUT2D eigenvalue weighted by Crippen LogP contribution is 2.35. The molecule has 1 aromatic carbocycles. The van der Waals surface area contributed by atoms with Gasteiger partial charge in [-0.2, -0.15) is 5.10 Å². The van der Waals surface area contributed by atoms with Gasteiger partial charge in [-0.15, -0.1) is 0 Å². The molecular formula is C34H49FN6O4. The van der Waals surface area contributed by atoms with Crippen LogP contribution in [0.3, 0.4) is 0 Å². The van der Waals surface area contributed by atoms with Gasteiger partial charge in [0.15, 0.2) is 0 Å². The lowest BCUT2D eigenvalue weighted by Crippen LogP contribution is -2.61. The minimum Gasteiger partial charge on any atom is -0.465 e. The Balaban J connectivity index is 1.40. The molecule has 3 amide bonds. The van der Waals surface area contributed by atoms with Gasteiger partial charge in [0.05, 0.1) is 24.2 Å². The maximum absolute atomic E-state index is 14.7. The van der Waals surface area contributed by atoms with E-state index in [9.17, 15) is 23.9 Å². The summed E-state index contributed by atoms with van der Waals surface area (Å²) in [6, 6.07) is 7.03. The second-order valence-corrected chi connectivity index (χ2v) is 14.3. The Kier molecular flexibility index (Phi) is 10.2. The number of carboxylic acid groups (broad SMARTS) is 1. The normalized spacial score (nSPS) is 23.2. The van der Waals surface area contributed by atoms with Crippen molar-refractivity contribution in [2.45, 2.75) is 103 Å². The molecule has 1 unspecified atom stereocenters. The lowest BCUT2D eigenvalue weighted by Gasteiger charge is -2.45. The van der Waals surface area contributed by atoms with Gasteiger partial charge in [0.1, 0.15) is 11.9 Å². The Bertz CT molecular complexity index is 1330. The van der Waals surface area contributed by atoms with E-state index in [1.807, 2.05) is 42.6 Å². The van der Waals surface area contributed by atoms with Crippen molar-refractivity contribution >= 4 is 17.9 Å². The molecule has 3 fully saturated rings. The predicted molar refractivity (Wildman–Crippen MR) is 169 cm³/mol. The lowest BCUT2D eigenvalue weighted by molar-refractivity contribution is -0.145. The van der Waals surface area contributed by atoms with Crippen LogP contribution in [0, 0.1) is 23.1 Å². The van der Waals surface area contributed by atoms with Crippen LogP contribution < -0.4 is 10.6 Å². The summed E-state index contributed by atoms with van der Waals surface area (Å²) >= 11 is 0. The van der Waals surface area contributed by atoms with Gasteiger partial charge in [-0.3, -0.25) is 19.2 Å². The van der Waals surface area contributed by atoms with Gasteiger partial charge >= 0.3 is 6.09 Å². The van der Waals surface area contributed by atoms with Crippen LogP contribution >= 0.6 is 0 Å². The fourth-order valence-corrected chi connectivity index (χ4v) is 7.62. The van der Waals surface area contributed by atoms with Crippen molar-refractivity contribution in [2.75, 3.05) is 19.6 Å². The number of fused-ring (bicyclic) bond motifs is 1. The van der Waals surface area contributed by atoms with Crippen LogP contribution in [-0.2, 0) is 16.1 Å². The largest absolute Gasteiger partial charge is 0.465 e. The summed E-state index contributed by atoms with van der Waals surface area (Å²) in [5, 5.41) is 20.1. The van der Waals surface area contributed by atoms with Crippen LogP contribution in [0.25, 0.3) is 0 Å². The molecular weight excluding hydrogens is 575 g/mol. The molecule has 2 aromatic rings. The Morgan fingerprint density at radius 2 is 1.71 bits per heavy atom. The van der Waals surface area contributed by atoms with Gasteiger partial charge in [0, 0.05) is 31.4 Å². The molecule has 2 saturated heterocycles. The van der Waals surface area contributed by atoms with Crippen molar-refractivity contribution in [1.82, 2.24) is 30.2 Å². The van der Waals surface area contributed by atoms with Crippen molar-refractivity contribution in [3.05, 3.63) is 53.6 Å². The van der Waals surface area contributed by atoms with E-state index in [4.69, 9.17) is 5.10 Å². The van der Waals surface area contributed by atoms with Crippen LogP contribution in [-0.4, -0.2) is 80.4 Å². The van der Waals surface area contributed by atoms with Crippen LogP contribution in [0.1, 0.15) is 89.9 Å². The number of benzene rings is 1. The zero-order valence-corrected chi connectivity index (χ0v) is 27.0. The van der Waals surface area contributed by atoms with E-state index in [0.29, 0.717) is 19.6 Å². The zero-order valence-electron chi connectivity index (χ0n) is 27.0. The fraction of sp³-hybridized carbons (Fsp3) is 0.647. The van der Waals surface area contributed by atoms with E-state index in [1.165, 1.54) is 12.1 Å². The van der Waals surface area contributed by atoms with Crippen molar-refractivity contribution in [1.29, 1.82) is 0 Å². The van der Waals surface area contributed by atoms with Crippen LogP contribution in [0.4, 0.5) is 9.18 Å². The summed E-state index contributed by atoms with van der Waals surface area (Å²) in [4.78, 5) is 44.6. The molecule has 3 aliphatic rings. The second-order valence-electron chi connectivity index (χ2n) is 14.3. The van der Waals surface area contributed by atoms with Gasteiger partial charge in [-0.25, -0.2) is 9.18 Å². The lowest BCUT2D eigenvalue weighted by atomic mass is 9.78. The van der Waals surface area contributed by atoms with Gasteiger partial charge in [0.2, 0.25) is 11.8 Å². The predicted octanol–water partition coefficient (Wildman–Crippen LogP) is 4.80. The molecule has 0 bridgehead atoms. The maximum atomic E-state index is 14.7. The van der Waals surface area contributed by atoms with Crippen molar-refractivity contribution < 1.29 is 23.9 Å². The van der Waals surface area contributed by atoms with Crippen molar-refractivity contribution in [2.24, 2.45) is 17.3 Å². The van der Waals surface area contributed by atoms with Crippen molar-refractivity contribution in [3.8, 4) is 0 Å². The third-order valence-electron chi connectivity index (χ3n) is 10.0. The minimum absolute atomic E-state index is 0.0150. The molecule has 1 aromatic heterocycles. The maximum Gasteiger partial charge on any atom is 0.404 e. The number of aromatic nitrogens is 2. The first-order valence-electron chi connectivity index (χ1n) is 16.5. The summed E-state index contributed by atoms with van der Waals surface area (Å²) in [6.45, 7) is 10.2. The molecule has 5 atom stereocenters. The van der Waals surface area contributed by atoms with Crippen LogP contribution in [0.5, 0.6) is 0 Å². The summed E-state index contributed by atoms with van der Waals surface area (Å²) in [5.41, 5.74) is 1.23. The molecule has 246 valence electrons. The third kappa shape index (κ3) is 7.85.